The van der Waals surface area contributed by atoms with Gasteiger partial charge in [-0.1, -0.05) is 0 Å². The molecule has 1 N–H and O–H groups in total. The molecule has 2 aliphatic heterocycles. The van der Waals surface area contributed by atoms with Crippen LogP contribution in [0.2, 0.25) is 0 Å². The SMILES string of the molecule is COc1ccnc(C(=O)NC2CN3CC[C@H]2C3)c1. The molecule has 2 bridgehead atoms. The normalized spacial score (nSPS) is 29.3. The fraction of sp³-hybridized carbons (Fsp3) is 0.538. The molecule has 3 atom stereocenters. The van der Waals surface area contributed by atoms with E-state index in [1.807, 2.05) is 0 Å². The van der Waals surface area contributed by atoms with Gasteiger partial charge in [0.25, 0.3) is 5.91 Å². The first kappa shape index (κ1) is 11.5. The summed E-state index contributed by atoms with van der Waals surface area (Å²) in [6.07, 6.45) is 2.79. The van der Waals surface area contributed by atoms with Crippen LogP contribution in [0.15, 0.2) is 18.3 Å². The van der Waals surface area contributed by atoms with Crippen LogP contribution in [0, 0.1) is 5.92 Å². The van der Waals surface area contributed by atoms with Gasteiger partial charge in [-0.05, 0) is 24.9 Å². The van der Waals surface area contributed by atoms with E-state index in [9.17, 15) is 4.79 Å². The van der Waals surface area contributed by atoms with Crippen molar-refractivity contribution in [3.8, 4) is 5.75 Å². The molecule has 18 heavy (non-hydrogen) atoms. The minimum Gasteiger partial charge on any atom is -0.497 e. The number of hydrogen-bond acceptors (Lipinski definition) is 4. The Morgan fingerprint density at radius 2 is 2.44 bits per heavy atom. The molecule has 2 saturated heterocycles. The average molecular weight is 247 g/mol. The second kappa shape index (κ2) is 4.57. The molecule has 5 nitrogen and oxygen atoms in total. The van der Waals surface area contributed by atoms with Crippen LogP contribution in [0.1, 0.15) is 16.9 Å². The number of piperidine rings is 1. The summed E-state index contributed by atoms with van der Waals surface area (Å²) in [5, 5.41) is 3.08. The molecule has 1 aromatic rings. The lowest BCUT2D eigenvalue weighted by Crippen LogP contribution is -2.43. The molecule has 0 aliphatic carbocycles. The van der Waals surface area contributed by atoms with E-state index in [-0.39, 0.29) is 11.9 Å². The maximum atomic E-state index is 12.1. The van der Waals surface area contributed by atoms with Crippen molar-refractivity contribution < 1.29 is 9.53 Å². The predicted molar refractivity (Wildman–Crippen MR) is 66.6 cm³/mol. The first-order valence-corrected chi connectivity index (χ1v) is 6.29. The number of aromatic nitrogens is 1. The minimum absolute atomic E-state index is 0.104. The second-order valence-electron chi connectivity index (χ2n) is 4.97. The van der Waals surface area contributed by atoms with Crippen molar-refractivity contribution in [2.24, 2.45) is 5.92 Å². The summed E-state index contributed by atoms with van der Waals surface area (Å²) >= 11 is 0. The maximum Gasteiger partial charge on any atom is 0.270 e. The number of hydrogen-bond donors (Lipinski definition) is 1. The largest absolute Gasteiger partial charge is 0.497 e. The Bertz CT molecular complexity index is 463. The number of ether oxygens (including phenoxy) is 1. The predicted octanol–water partition coefficient (Wildman–Crippen LogP) is 0.524. The van der Waals surface area contributed by atoms with E-state index in [1.54, 1.807) is 25.4 Å². The topological polar surface area (TPSA) is 54.5 Å². The van der Waals surface area contributed by atoms with Gasteiger partial charge in [-0.2, -0.15) is 0 Å². The van der Waals surface area contributed by atoms with E-state index in [2.05, 4.69) is 15.2 Å². The molecule has 2 fully saturated rings. The van der Waals surface area contributed by atoms with Gasteiger partial charge in [0, 0.05) is 31.4 Å². The summed E-state index contributed by atoms with van der Waals surface area (Å²) in [6, 6.07) is 3.68. The fourth-order valence-corrected chi connectivity index (χ4v) is 2.85. The third kappa shape index (κ3) is 2.06. The number of carbonyl (C=O) groups is 1. The summed E-state index contributed by atoms with van der Waals surface area (Å²) in [6.45, 7) is 3.27. The quantitative estimate of drug-likeness (QED) is 0.846. The number of amides is 1. The summed E-state index contributed by atoms with van der Waals surface area (Å²) in [5.74, 6) is 1.17. The molecule has 0 radical (unpaired) electrons. The van der Waals surface area contributed by atoms with Gasteiger partial charge in [0.2, 0.25) is 0 Å². The van der Waals surface area contributed by atoms with E-state index in [4.69, 9.17) is 4.74 Å². The monoisotopic (exact) mass is 247 g/mol. The number of carbonyl (C=O) groups excluding carboxylic acids is 1. The van der Waals surface area contributed by atoms with E-state index in [0.29, 0.717) is 17.4 Å². The van der Waals surface area contributed by atoms with Gasteiger partial charge in [-0.3, -0.25) is 9.78 Å². The Kier molecular flexibility index (Phi) is 2.91. The lowest BCUT2D eigenvalue weighted by Gasteiger charge is -2.22. The summed E-state index contributed by atoms with van der Waals surface area (Å²) in [5.41, 5.74) is 0.423. The first-order chi connectivity index (χ1) is 8.76. The highest BCUT2D eigenvalue weighted by atomic mass is 16.5. The van der Waals surface area contributed by atoms with E-state index >= 15 is 0 Å². The molecule has 2 unspecified atom stereocenters. The van der Waals surface area contributed by atoms with Crippen LogP contribution in [0.25, 0.3) is 0 Å². The molecule has 5 heteroatoms. The first-order valence-electron chi connectivity index (χ1n) is 6.29. The van der Waals surface area contributed by atoms with Gasteiger partial charge in [-0.15, -0.1) is 0 Å². The van der Waals surface area contributed by atoms with Crippen LogP contribution in [-0.2, 0) is 0 Å². The number of rotatable bonds is 3. The van der Waals surface area contributed by atoms with Crippen LogP contribution < -0.4 is 10.1 Å². The number of fused-ring (bicyclic) bond motifs is 2. The zero-order chi connectivity index (χ0) is 12.5. The molecule has 3 heterocycles. The van der Waals surface area contributed by atoms with Crippen LogP contribution >= 0.6 is 0 Å². The smallest absolute Gasteiger partial charge is 0.270 e. The van der Waals surface area contributed by atoms with E-state index < -0.39 is 0 Å². The van der Waals surface area contributed by atoms with E-state index in [0.717, 1.165) is 13.1 Å². The average Bonchev–Trinajstić information content (AvgIpc) is 3.01. The molecular formula is C13H17N3O2. The third-order valence-electron chi connectivity index (χ3n) is 3.85. The van der Waals surface area contributed by atoms with Crippen molar-refractivity contribution in [2.45, 2.75) is 12.5 Å². The summed E-state index contributed by atoms with van der Waals surface area (Å²) in [4.78, 5) is 18.6. The van der Waals surface area contributed by atoms with Crippen molar-refractivity contribution >= 4 is 5.91 Å². The van der Waals surface area contributed by atoms with Gasteiger partial charge < -0.3 is 15.0 Å². The summed E-state index contributed by atoms with van der Waals surface area (Å²) in [7, 11) is 1.58. The van der Waals surface area contributed by atoms with Crippen LogP contribution in [0.5, 0.6) is 5.75 Å². The summed E-state index contributed by atoms with van der Waals surface area (Å²) < 4.78 is 5.10. The van der Waals surface area contributed by atoms with Crippen LogP contribution in [0.4, 0.5) is 0 Å². The van der Waals surface area contributed by atoms with Gasteiger partial charge >= 0.3 is 0 Å². The van der Waals surface area contributed by atoms with Crippen LogP contribution in [-0.4, -0.2) is 48.6 Å². The molecule has 3 rings (SSSR count). The fourth-order valence-electron chi connectivity index (χ4n) is 2.85. The van der Waals surface area contributed by atoms with Gasteiger partial charge in [-0.25, -0.2) is 0 Å². The Hall–Kier alpha value is -1.62. The molecule has 96 valence electrons. The van der Waals surface area contributed by atoms with Gasteiger partial charge in [0.05, 0.1) is 7.11 Å². The number of methoxy groups -OCH3 is 1. The number of nitrogens with zero attached hydrogens (tertiary/aromatic N) is 2. The lowest BCUT2D eigenvalue weighted by atomic mass is 10.00. The Morgan fingerprint density at radius 3 is 3.11 bits per heavy atom. The Balaban J connectivity index is 1.67. The molecule has 1 aromatic heterocycles. The lowest BCUT2D eigenvalue weighted by molar-refractivity contribution is 0.0919. The number of nitrogens with one attached hydrogen (secondary N) is 1. The minimum atomic E-state index is -0.104. The van der Waals surface area contributed by atoms with Crippen molar-refractivity contribution in [1.29, 1.82) is 0 Å². The van der Waals surface area contributed by atoms with Gasteiger partial charge in [0.1, 0.15) is 11.4 Å². The zero-order valence-corrected chi connectivity index (χ0v) is 10.4. The highest BCUT2D eigenvalue weighted by Crippen LogP contribution is 2.27. The Labute approximate surface area is 106 Å². The Morgan fingerprint density at radius 1 is 1.56 bits per heavy atom. The van der Waals surface area contributed by atoms with Crippen molar-refractivity contribution in [3.63, 3.8) is 0 Å². The standard InChI is InChI=1S/C13H17N3O2/c1-18-10-2-4-14-11(6-10)13(17)15-12-8-16-5-3-9(12)7-16/h2,4,6,9,12H,3,5,7-8H2,1H3,(H,15,17)/t9-,12?/m0/s1. The molecule has 0 spiro atoms. The van der Waals surface area contributed by atoms with Crippen LogP contribution in [0.3, 0.4) is 0 Å². The molecule has 0 aromatic carbocycles. The third-order valence-corrected chi connectivity index (χ3v) is 3.85. The molecular weight excluding hydrogens is 230 g/mol. The number of pyridine rings is 1. The molecule has 2 aliphatic rings. The molecule has 0 saturated carbocycles. The van der Waals surface area contributed by atoms with Crippen molar-refractivity contribution in [2.75, 3.05) is 26.7 Å². The highest BCUT2D eigenvalue weighted by Gasteiger charge is 2.38. The maximum absolute atomic E-state index is 12.1. The van der Waals surface area contributed by atoms with E-state index in [1.165, 1.54) is 13.0 Å². The second-order valence-corrected chi connectivity index (χ2v) is 4.97. The molecule has 1 amide bonds. The van der Waals surface area contributed by atoms with Crippen molar-refractivity contribution in [3.05, 3.63) is 24.0 Å². The zero-order valence-electron chi connectivity index (χ0n) is 10.4. The van der Waals surface area contributed by atoms with Crippen molar-refractivity contribution in [1.82, 2.24) is 15.2 Å². The highest BCUT2D eigenvalue weighted by molar-refractivity contribution is 5.92. The van der Waals surface area contributed by atoms with Gasteiger partial charge in [0.15, 0.2) is 0 Å².